The van der Waals surface area contributed by atoms with E-state index in [1.54, 1.807) is 0 Å². The lowest BCUT2D eigenvalue weighted by molar-refractivity contribution is -0.929. The van der Waals surface area contributed by atoms with Crippen molar-refractivity contribution in [3.63, 3.8) is 0 Å². The topological polar surface area (TPSA) is 167 Å². The van der Waals surface area contributed by atoms with E-state index in [1.165, 1.54) is 0 Å². The number of carboxylic acid groups (broad SMARTS) is 1. The highest BCUT2D eigenvalue weighted by Gasteiger charge is 2.27. The molecular weight excluding hydrogens is 506 g/mol. The van der Waals surface area contributed by atoms with Crippen LogP contribution in [-0.2, 0) is 34.5 Å². The summed E-state index contributed by atoms with van der Waals surface area (Å²) in [5.74, 6) is -1.63. The van der Waals surface area contributed by atoms with Gasteiger partial charge < -0.3 is 23.6 Å². The van der Waals surface area contributed by atoms with Crippen molar-refractivity contribution in [2.24, 2.45) is 0 Å². The lowest BCUT2D eigenvalue weighted by Gasteiger charge is -2.39. The average molecular weight is 550 g/mol. The first-order valence-electron chi connectivity index (χ1n) is 11.9. The second-order valence-electron chi connectivity index (χ2n) is 9.10. The van der Waals surface area contributed by atoms with Crippen molar-refractivity contribution in [3.05, 3.63) is 0 Å². The Bertz CT molecular complexity index is 719. The molecule has 0 aliphatic heterocycles. The molecule has 0 rings (SSSR count). The molecule has 14 heteroatoms. The van der Waals surface area contributed by atoms with Gasteiger partial charge in [0, 0.05) is 14.5 Å². The van der Waals surface area contributed by atoms with Gasteiger partial charge in [0.05, 0.1) is 68.4 Å². The SMILES string of the molecule is C[SiH](C)CCC[N+](CCCCS(=O)(=O)[O-])(CCCCS(=O)(=O)O)CCOCCOCCC(=O)O. The quantitative estimate of drug-likeness (QED) is 0.0817. The van der Waals surface area contributed by atoms with Crippen LogP contribution in [0.15, 0.2) is 0 Å². The van der Waals surface area contributed by atoms with Crippen molar-refractivity contribution in [2.75, 3.05) is 64.1 Å². The Balaban J connectivity index is 4.96. The van der Waals surface area contributed by atoms with Gasteiger partial charge in [0.2, 0.25) is 0 Å². The van der Waals surface area contributed by atoms with E-state index in [2.05, 4.69) is 13.1 Å². The van der Waals surface area contributed by atoms with Gasteiger partial charge in [-0.05, 0) is 32.1 Å². The fourth-order valence-corrected chi connectivity index (χ4v) is 5.83. The van der Waals surface area contributed by atoms with Gasteiger partial charge in [-0.1, -0.05) is 19.1 Å². The molecule has 0 fully saturated rings. The molecule has 0 aliphatic rings. The van der Waals surface area contributed by atoms with E-state index in [4.69, 9.17) is 19.1 Å². The summed E-state index contributed by atoms with van der Waals surface area (Å²) >= 11 is 0. The molecule has 0 radical (unpaired) electrons. The lowest BCUT2D eigenvalue weighted by Crippen LogP contribution is -2.52. The van der Waals surface area contributed by atoms with Crippen LogP contribution in [0.1, 0.15) is 38.5 Å². The number of quaternary nitrogens is 1. The van der Waals surface area contributed by atoms with Gasteiger partial charge in [0.25, 0.3) is 10.1 Å². The number of carboxylic acids is 1. The molecule has 0 spiro atoms. The van der Waals surface area contributed by atoms with Gasteiger partial charge in [-0.2, -0.15) is 8.42 Å². The van der Waals surface area contributed by atoms with Gasteiger partial charge in [-0.15, -0.1) is 0 Å². The van der Waals surface area contributed by atoms with Crippen LogP contribution in [0.4, 0.5) is 0 Å². The number of ether oxygens (including phenoxy) is 2. The summed E-state index contributed by atoms with van der Waals surface area (Å²) in [6.45, 7) is 8.48. The maximum atomic E-state index is 11.1. The zero-order valence-electron chi connectivity index (χ0n) is 20.5. The molecule has 0 bridgehead atoms. The first-order chi connectivity index (χ1) is 15.7. The number of aliphatic carboxylic acids is 1. The van der Waals surface area contributed by atoms with Gasteiger partial charge >= 0.3 is 5.97 Å². The maximum absolute atomic E-state index is 11.1. The van der Waals surface area contributed by atoms with Crippen molar-refractivity contribution >= 4 is 35.0 Å². The third-order valence-electron chi connectivity index (χ3n) is 5.52. The highest BCUT2D eigenvalue weighted by Crippen LogP contribution is 2.16. The van der Waals surface area contributed by atoms with E-state index in [1.807, 2.05) is 0 Å². The number of unbranched alkanes of at least 4 members (excludes halogenated alkanes) is 2. The summed E-state index contributed by atoms with van der Waals surface area (Å²) in [4.78, 5) is 10.5. The van der Waals surface area contributed by atoms with E-state index >= 15 is 0 Å². The molecule has 0 saturated heterocycles. The van der Waals surface area contributed by atoms with Crippen LogP contribution in [0, 0.1) is 0 Å². The predicted octanol–water partition coefficient (Wildman–Crippen LogP) is 1.18. The van der Waals surface area contributed by atoms with Gasteiger partial charge in [-0.25, -0.2) is 8.42 Å². The number of rotatable bonds is 23. The summed E-state index contributed by atoms with van der Waals surface area (Å²) in [5.41, 5.74) is 0. The molecular formula is C20H43NO10S2Si. The van der Waals surface area contributed by atoms with E-state index in [9.17, 15) is 26.2 Å². The van der Waals surface area contributed by atoms with Gasteiger partial charge in [-0.3, -0.25) is 9.35 Å². The fourth-order valence-electron chi connectivity index (χ4n) is 3.70. The van der Waals surface area contributed by atoms with Crippen LogP contribution in [0.3, 0.4) is 0 Å². The number of hydrogen-bond donors (Lipinski definition) is 2. The molecule has 0 aromatic rings. The van der Waals surface area contributed by atoms with Crippen LogP contribution >= 0.6 is 0 Å². The van der Waals surface area contributed by atoms with Crippen molar-refractivity contribution in [1.29, 1.82) is 0 Å². The Kier molecular flexibility index (Phi) is 17.4. The number of nitrogens with zero attached hydrogens (tertiary/aromatic N) is 1. The van der Waals surface area contributed by atoms with E-state index in [0.29, 0.717) is 56.6 Å². The first kappa shape index (κ1) is 33.4. The zero-order valence-corrected chi connectivity index (χ0v) is 23.3. The fraction of sp³-hybridized carbons (Fsp3) is 0.950. The monoisotopic (exact) mass is 549 g/mol. The molecule has 0 aliphatic carbocycles. The summed E-state index contributed by atoms with van der Waals surface area (Å²) in [7, 11) is -9.05. The molecule has 11 nitrogen and oxygen atoms in total. The van der Waals surface area contributed by atoms with E-state index < -0.39 is 40.8 Å². The zero-order chi connectivity index (χ0) is 26.1. The number of carbonyl (C=O) groups is 1. The van der Waals surface area contributed by atoms with Gasteiger partial charge in [0.15, 0.2) is 0 Å². The summed E-state index contributed by atoms with van der Waals surface area (Å²) in [6, 6.07) is 1.15. The standard InChI is InChI=1S/C20H43NO10S2Si/c1-34(2)19-7-11-21(9-3-5-17-32(24,25)26,10-4-6-18-33(27,28)29)12-14-31-16-15-30-13-8-20(22)23/h34H,3-19H2,1-2H3,(H2-,22,23,24,25,26,27,28,29). The third-order valence-corrected chi connectivity index (χ3v) is 8.67. The van der Waals surface area contributed by atoms with Crippen molar-refractivity contribution in [2.45, 2.75) is 57.7 Å². The highest BCUT2D eigenvalue weighted by molar-refractivity contribution is 7.85. The molecule has 0 saturated carbocycles. The van der Waals surface area contributed by atoms with E-state index in [0.717, 1.165) is 19.0 Å². The predicted molar refractivity (Wildman–Crippen MR) is 131 cm³/mol. The maximum Gasteiger partial charge on any atom is 0.305 e. The van der Waals surface area contributed by atoms with Crippen molar-refractivity contribution in [1.82, 2.24) is 0 Å². The minimum Gasteiger partial charge on any atom is -0.748 e. The average Bonchev–Trinajstić information content (AvgIpc) is 2.68. The minimum absolute atomic E-state index is 0.0677. The molecule has 0 amide bonds. The highest BCUT2D eigenvalue weighted by atomic mass is 32.2. The Morgan fingerprint density at radius 3 is 1.85 bits per heavy atom. The summed E-state index contributed by atoms with van der Waals surface area (Å²) < 4.78 is 75.6. The van der Waals surface area contributed by atoms with Gasteiger partial charge in [0.1, 0.15) is 6.54 Å². The Labute approximate surface area is 206 Å². The smallest absolute Gasteiger partial charge is 0.305 e. The van der Waals surface area contributed by atoms with Crippen molar-refractivity contribution in [3.8, 4) is 0 Å². The molecule has 1 unspecified atom stereocenters. The Hall–Kier alpha value is -0.613. The van der Waals surface area contributed by atoms with Crippen molar-refractivity contribution < 1.29 is 49.8 Å². The molecule has 1 atom stereocenters. The Morgan fingerprint density at radius 2 is 1.35 bits per heavy atom. The van der Waals surface area contributed by atoms with E-state index in [-0.39, 0.29) is 31.8 Å². The minimum atomic E-state index is -4.27. The number of hydrogen-bond acceptors (Lipinski definition) is 8. The summed E-state index contributed by atoms with van der Waals surface area (Å²) in [5, 5.41) is 8.61. The molecule has 0 heterocycles. The second-order valence-corrected chi connectivity index (χ2v) is 15.6. The first-order valence-corrected chi connectivity index (χ1v) is 18.2. The van der Waals surface area contributed by atoms with Crippen LogP contribution in [0.2, 0.25) is 19.1 Å². The second kappa shape index (κ2) is 17.8. The van der Waals surface area contributed by atoms with Crippen LogP contribution in [0.25, 0.3) is 0 Å². The van der Waals surface area contributed by atoms with Crippen LogP contribution < -0.4 is 0 Å². The third kappa shape index (κ3) is 21.9. The molecule has 0 aromatic heterocycles. The van der Waals surface area contributed by atoms with Crippen LogP contribution in [-0.4, -0.2) is 114 Å². The molecule has 0 aromatic carbocycles. The molecule has 34 heavy (non-hydrogen) atoms. The molecule has 204 valence electrons. The summed E-state index contributed by atoms with van der Waals surface area (Å²) in [6.07, 6.45) is 2.66. The normalized spacial score (nSPS) is 14.4. The Morgan fingerprint density at radius 1 is 0.824 bits per heavy atom. The van der Waals surface area contributed by atoms with Crippen LogP contribution in [0.5, 0.6) is 0 Å². The lowest BCUT2D eigenvalue weighted by atomic mass is 10.2. The molecule has 2 N–H and O–H groups in total. The largest absolute Gasteiger partial charge is 0.748 e.